The normalized spacial score (nSPS) is 27.9. The lowest BCUT2D eigenvalue weighted by Gasteiger charge is -2.15. The molecule has 3 nitrogen and oxygen atoms in total. The number of hydrogen-bond donors (Lipinski definition) is 1. The van der Waals surface area contributed by atoms with Gasteiger partial charge in [-0.2, -0.15) is 0 Å². The molecule has 0 bridgehead atoms. The van der Waals surface area contributed by atoms with Crippen LogP contribution >= 0.6 is 15.9 Å². The second kappa shape index (κ2) is 5.68. The van der Waals surface area contributed by atoms with Crippen LogP contribution in [0.25, 0.3) is 0 Å². The van der Waals surface area contributed by atoms with E-state index in [-0.39, 0.29) is 17.9 Å². The van der Waals surface area contributed by atoms with E-state index in [0.29, 0.717) is 5.92 Å². The van der Waals surface area contributed by atoms with Crippen molar-refractivity contribution in [3.8, 4) is 5.75 Å². The Kier molecular flexibility index (Phi) is 3.64. The number of carbonyl (C=O) groups is 1. The maximum absolute atomic E-state index is 12.6. The van der Waals surface area contributed by atoms with Crippen LogP contribution in [0, 0.1) is 0 Å². The Bertz CT molecular complexity index is 761. The number of nitrogens with one attached hydrogen (secondary N) is 1. The molecule has 1 aliphatic heterocycles. The third kappa shape index (κ3) is 2.65. The van der Waals surface area contributed by atoms with Gasteiger partial charge in [-0.15, -0.1) is 0 Å². The number of rotatable bonds is 3. The van der Waals surface area contributed by atoms with Crippen LogP contribution in [-0.4, -0.2) is 18.1 Å². The smallest absolute Gasteiger partial charge is 0.261 e. The van der Waals surface area contributed by atoms with Crippen molar-refractivity contribution in [2.75, 3.05) is 0 Å². The van der Waals surface area contributed by atoms with Gasteiger partial charge >= 0.3 is 0 Å². The molecule has 1 aliphatic carbocycles. The molecule has 0 aromatic heterocycles. The summed E-state index contributed by atoms with van der Waals surface area (Å²) in [6.45, 7) is 2.05. The highest BCUT2D eigenvalue weighted by molar-refractivity contribution is 9.10. The fourth-order valence-corrected chi connectivity index (χ4v) is 3.96. The summed E-state index contributed by atoms with van der Waals surface area (Å²) < 4.78 is 6.96. The monoisotopic (exact) mass is 371 g/mol. The number of hydrogen-bond acceptors (Lipinski definition) is 2. The first kappa shape index (κ1) is 14.8. The molecule has 4 rings (SSSR count). The number of benzene rings is 2. The van der Waals surface area contributed by atoms with Gasteiger partial charge in [0.2, 0.25) is 0 Å². The Hall–Kier alpha value is -1.81. The van der Waals surface area contributed by atoms with Crippen LogP contribution in [0.15, 0.2) is 53.0 Å². The minimum atomic E-state index is -0.423. The van der Waals surface area contributed by atoms with Crippen molar-refractivity contribution < 1.29 is 9.53 Å². The molecule has 1 amide bonds. The molecule has 118 valence electrons. The first-order valence-corrected chi connectivity index (χ1v) is 8.75. The lowest BCUT2D eigenvalue weighted by molar-refractivity contribution is -0.128. The van der Waals surface area contributed by atoms with Gasteiger partial charge < -0.3 is 10.1 Å². The van der Waals surface area contributed by atoms with Crippen molar-refractivity contribution in [1.29, 1.82) is 0 Å². The Balaban J connectivity index is 1.42. The first-order chi connectivity index (χ1) is 11.1. The lowest BCUT2D eigenvalue weighted by Crippen LogP contribution is -2.40. The van der Waals surface area contributed by atoms with E-state index in [1.54, 1.807) is 0 Å². The number of amides is 1. The minimum Gasteiger partial charge on any atom is -0.480 e. The van der Waals surface area contributed by atoms with Crippen molar-refractivity contribution in [2.45, 2.75) is 37.3 Å². The van der Waals surface area contributed by atoms with Crippen LogP contribution in [0.3, 0.4) is 0 Å². The SMILES string of the molecule is CC1c2ccccc2OC1C(=O)N[C@@H]1C[C@H]1c1ccccc1Br. The van der Waals surface area contributed by atoms with Crippen LogP contribution in [0.4, 0.5) is 0 Å². The van der Waals surface area contributed by atoms with E-state index >= 15 is 0 Å². The number of carbonyl (C=O) groups excluding carboxylic acids is 1. The topological polar surface area (TPSA) is 38.3 Å². The number of para-hydroxylation sites is 1. The van der Waals surface area contributed by atoms with Gasteiger partial charge in [0.1, 0.15) is 5.75 Å². The van der Waals surface area contributed by atoms with Crippen molar-refractivity contribution >= 4 is 21.8 Å². The molecule has 2 aromatic rings. The number of fused-ring (bicyclic) bond motifs is 1. The summed E-state index contributed by atoms with van der Waals surface area (Å²) in [5.41, 5.74) is 2.38. The average molecular weight is 372 g/mol. The van der Waals surface area contributed by atoms with Crippen molar-refractivity contribution in [3.63, 3.8) is 0 Å². The Morgan fingerprint density at radius 1 is 1.13 bits per heavy atom. The van der Waals surface area contributed by atoms with Crippen molar-refractivity contribution in [2.24, 2.45) is 0 Å². The molecule has 2 unspecified atom stereocenters. The zero-order valence-corrected chi connectivity index (χ0v) is 14.4. The summed E-state index contributed by atoms with van der Waals surface area (Å²) in [5, 5.41) is 3.15. The van der Waals surface area contributed by atoms with E-state index in [2.05, 4.69) is 27.3 Å². The zero-order chi connectivity index (χ0) is 16.0. The van der Waals surface area contributed by atoms with Gasteiger partial charge in [0.05, 0.1) is 0 Å². The zero-order valence-electron chi connectivity index (χ0n) is 12.8. The predicted molar refractivity (Wildman–Crippen MR) is 92.7 cm³/mol. The summed E-state index contributed by atoms with van der Waals surface area (Å²) in [6.07, 6.45) is 0.565. The Labute approximate surface area is 144 Å². The van der Waals surface area contributed by atoms with Gasteiger partial charge in [0, 0.05) is 27.9 Å². The predicted octanol–water partition coefficient (Wildman–Crippen LogP) is 3.99. The van der Waals surface area contributed by atoms with Crippen LogP contribution in [0.1, 0.15) is 36.3 Å². The highest BCUT2D eigenvalue weighted by Gasteiger charge is 2.44. The molecular weight excluding hydrogens is 354 g/mol. The second-order valence-corrected chi connectivity index (χ2v) is 7.20. The van der Waals surface area contributed by atoms with Gasteiger partial charge in [-0.05, 0) is 24.1 Å². The molecule has 0 spiro atoms. The van der Waals surface area contributed by atoms with E-state index in [0.717, 1.165) is 22.2 Å². The molecule has 0 saturated heterocycles. The first-order valence-electron chi connectivity index (χ1n) is 7.95. The van der Waals surface area contributed by atoms with E-state index < -0.39 is 6.10 Å². The fraction of sp³-hybridized carbons (Fsp3) is 0.316. The standard InChI is InChI=1S/C19H18BrNO2/c1-11-12-6-3-5-9-17(12)23-18(11)19(22)21-16-10-14(16)13-7-2-4-8-15(13)20/h2-9,11,14,16,18H,10H2,1H3,(H,21,22)/t11?,14-,16+,18?/m0/s1. The molecule has 1 saturated carbocycles. The third-order valence-corrected chi connectivity index (χ3v) is 5.52. The van der Waals surface area contributed by atoms with Crippen LogP contribution in [-0.2, 0) is 4.79 Å². The molecule has 4 heteroatoms. The van der Waals surface area contributed by atoms with Gasteiger partial charge in [0.15, 0.2) is 6.10 Å². The average Bonchev–Trinajstić information content (AvgIpc) is 3.23. The van der Waals surface area contributed by atoms with Gasteiger partial charge in [-0.1, -0.05) is 59.3 Å². The Morgan fingerprint density at radius 2 is 1.83 bits per heavy atom. The largest absolute Gasteiger partial charge is 0.480 e. The maximum Gasteiger partial charge on any atom is 0.261 e. The van der Waals surface area contributed by atoms with Crippen LogP contribution in [0.5, 0.6) is 5.75 Å². The number of halogens is 1. The van der Waals surface area contributed by atoms with E-state index in [1.807, 2.05) is 49.4 Å². The molecule has 2 aliphatic rings. The molecule has 1 N–H and O–H groups in total. The molecule has 0 radical (unpaired) electrons. The lowest BCUT2D eigenvalue weighted by atomic mass is 9.97. The summed E-state index contributed by atoms with van der Waals surface area (Å²) in [7, 11) is 0. The quantitative estimate of drug-likeness (QED) is 0.885. The van der Waals surface area contributed by atoms with Gasteiger partial charge in [-0.25, -0.2) is 0 Å². The van der Waals surface area contributed by atoms with E-state index in [9.17, 15) is 4.79 Å². The summed E-state index contributed by atoms with van der Waals surface area (Å²) in [5.74, 6) is 1.31. The summed E-state index contributed by atoms with van der Waals surface area (Å²) >= 11 is 3.59. The minimum absolute atomic E-state index is 0.00625. The molecule has 1 heterocycles. The maximum atomic E-state index is 12.6. The summed E-state index contributed by atoms with van der Waals surface area (Å²) in [4.78, 5) is 12.6. The fourth-order valence-electron chi connectivity index (χ4n) is 3.39. The van der Waals surface area contributed by atoms with Gasteiger partial charge in [0.25, 0.3) is 5.91 Å². The van der Waals surface area contributed by atoms with E-state index in [4.69, 9.17) is 4.74 Å². The van der Waals surface area contributed by atoms with E-state index in [1.165, 1.54) is 5.56 Å². The number of ether oxygens (including phenoxy) is 1. The molecule has 1 fully saturated rings. The van der Waals surface area contributed by atoms with Crippen LogP contribution in [0.2, 0.25) is 0 Å². The second-order valence-electron chi connectivity index (χ2n) is 6.34. The Morgan fingerprint density at radius 3 is 2.57 bits per heavy atom. The summed E-state index contributed by atoms with van der Waals surface area (Å²) in [6, 6.07) is 16.3. The third-order valence-electron chi connectivity index (χ3n) is 4.80. The van der Waals surface area contributed by atoms with Crippen LogP contribution < -0.4 is 10.1 Å². The highest BCUT2D eigenvalue weighted by atomic mass is 79.9. The highest BCUT2D eigenvalue weighted by Crippen LogP contribution is 2.44. The van der Waals surface area contributed by atoms with Gasteiger partial charge in [-0.3, -0.25) is 4.79 Å². The molecule has 23 heavy (non-hydrogen) atoms. The van der Waals surface area contributed by atoms with Crippen molar-refractivity contribution in [3.05, 3.63) is 64.1 Å². The van der Waals surface area contributed by atoms with Crippen molar-refractivity contribution in [1.82, 2.24) is 5.32 Å². The molecular formula is C19H18BrNO2. The molecule has 2 aromatic carbocycles. The molecule has 4 atom stereocenters.